The average molecular weight is 445 g/mol. The van der Waals surface area contributed by atoms with Crippen molar-refractivity contribution < 1.29 is 18.5 Å². The summed E-state index contributed by atoms with van der Waals surface area (Å²) in [6.45, 7) is 4.53. The molecule has 33 heavy (non-hydrogen) atoms. The van der Waals surface area contributed by atoms with Gasteiger partial charge in [0.1, 0.15) is 11.5 Å². The molecule has 0 radical (unpaired) electrons. The first-order valence-corrected chi connectivity index (χ1v) is 10.8. The molecule has 0 bridgehead atoms. The van der Waals surface area contributed by atoms with Gasteiger partial charge in [0.05, 0.1) is 28.8 Å². The largest absolute Gasteiger partial charge is 0.463 e. The molecular weight excluding hydrogens is 422 g/mol. The molecule has 1 aliphatic heterocycles. The number of fused-ring (bicyclic) bond motifs is 1. The number of furan rings is 1. The first kappa shape index (κ1) is 20.9. The molecular formula is C24H23N5O4. The van der Waals surface area contributed by atoms with Crippen molar-refractivity contribution in [3.8, 4) is 11.5 Å². The van der Waals surface area contributed by atoms with Crippen molar-refractivity contribution in [3.63, 3.8) is 0 Å². The van der Waals surface area contributed by atoms with Crippen molar-refractivity contribution in [2.75, 3.05) is 18.4 Å². The topological polar surface area (TPSA) is 114 Å². The standard InChI is InChI=1S/C24H23N5O4/c1-14-6-3-9-20(25-14)27-22(30)16-7-4-10-29(13-16)24(31)17-12-18(19-8-5-11-32-19)26-23-21(17)15(2)28-33-23/h3,5-6,8-9,11-12,16H,4,7,10,13H2,1-2H3,(H,25,27,30). The van der Waals surface area contributed by atoms with Crippen LogP contribution in [-0.4, -0.2) is 44.9 Å². The van der Waals surface area contributed by atoms with Gasteiger partial charge in [0.15, 0.2) is 5.76 Å². The van der Waals surface area contributed by atoms with Crippen LogP contribution in [0.1, 0.15) is 34.6 Å². The maximum absolute atomic E-state index is 13.6. The Morgan fingerprint density at radius 1 is 1.15 bits per heavy atom. The molecule has 1 N–H and O–H groups in total. The van der Waals surface area contributed by atoms with Crippen LogP contribution in [0.4, 0.5) is 5.82 Å². The number of nitrogens with zero attached hydrogens (tertiary/aromatic N) is 4. The molecule has 4 aromatic rings. The molecule has 5 rings (SSSR count). The Morgan fingerprint density at radius 3 is 2.82 bits per heavy atom. The molecule has 1 unspecified atom stereocenters. The molecule has 0 saturated carbocycles. The number of carbonyl (C=O) groups excluding carboxylic acids is 2. The van der Waals surface area contributed by atoms with E-state index < -0.39 is 0 Å². The van der Waals surface area contributed by atoms with Gasteiger partial charge in [0.25, 0.3) is 11.6 Å². The Morgan fingerprint density at radius 2 is 2.03 bits per heavy atom. The Hall–Kier alpha value is -4.01. The minimum Gasteiger partial charge on any atom is -0.463 e. The van der Waals surface area contributed by atoms with Gasteiger partial charge < -0.3 is 19.2 Å². The monoisotopic (exact) mass is 445 g/mol. The third kappa shape index (κ3) is 4.09. The zero-order valence-electron chi connectivity index (χ0n) is 18.4. The van der Waals surface area contributed by atoms with Crippen LogP contribution in [0.15, 0.2) is 51.6 Å². The fraction of sp³-hybridized carbons (Fsp3) is 0.292. The van der Waals surface area contributed by atoms with Crippen molar-refractivity contribution in [1.29, 1.82) is 0 Å². The lowest BCUT2D eigenvalue weighted by molar-refractivity contribution is -0.121. The van der Waals surface area contributed by atoms with Gasteiger partial charge in [-0.2, -0.15) is 0 Å². The molecule has 168 valence electrons. The zero-order valence-corrected chi connectivity index (χ0v) is 18.4. The average Bonchev–Trinajstić information content (AvgIpc) is 3.49. The molecule has 0 aromatic carbocycles. The summed E-state index contributed by atoms with van der Waals surface area (Å²) in [5.41, 5.74) is 2.62. The number of carbonyl (C=O) groups is 2. The molecule has 5 heterocycles. The van der Waals surface area contributed by atoms with E-state index in [1.807, 2.05) is 19.1 Å². The van der Waals surface area contributed by atoms with Crippen LogP contribution in [0.5, 0.6) is 0 Å². The van der Waals surface area contributed by atoms with Crippen molar-refractivity contribution in [2.24, 2.45) is 5.92 Å². The Labute approximate surface area is 189 Å². The fourth-order valence-electron chi connectivity index (χ4n) is 4.20. The Kier molecular flexibility index (Phi) is 5.37. The third-order valence-electron chi connectivity index (χ3n) is 5.84. The van der Waals surface area contributed by atoms with Gasteiger partial charge in [0.2, 0.25) is 5.91 Å². The second-order valence-electron chi connectivity index (χ2n) is 8.22. The van der Waals surface area contributed by atoms with E-state index in [0.29, 0.717) is 53.4 Å². The van der Waals surface area contributed by atoms with Crippen LogP contribution in [0.3, 0.4) is 0 Å². The van der Waals surface area contributed by atoms with E-state index in [2.05, 4.69) is 20.4 Å². The SMILES string of the molecule is Cc1cccc(NC(=O)C2CCCN(C(=O)c3cc(-c4ccco4)nc4onc(C)c34)C2)n1. The number of pyridine rings is 2. The first-order chi connectivity index (χ1) is 16.0. The normalized spacial score (nSPS) is 16.2. The van der Waals surface area contributed by atoms with Gasteiger partial charge in [-0.3, -0.25) is 9.59 Å². The lowest BCUT2D eigenvalue weighted by Crippen LogP contribution is -2.44. The number of anilines is 1. The van der Waals surface area contributed by atoms with E-state index in [1.54, 1.807) is 42.4 Å². The highest BCUT2D eigenvalue weighted by Crippen LogP contribution is 2.29. The fourth-order valence-corrected chi connectivity index (χ4v) is 4.20. The highest BCUT2D eigenvalue weighted by atomic mass is 16.5. The number of hydrogen-bond acceptors (Lipinski definition) is 7. The number of piperidine rings is 1. The van der Waals surface area contributed by atoms with Crippen LogP contribution >= 0.6 is 0 Å². The predicted molar refractivity (Wildman–Crippen MR) is 120 cm³/mol. The quantitative estimate of drug-likeness (QED) is 0.505. The van der Waals surface area contributed by atoms with Gasteiger partial charge in [-0.1, -0.05) is 11.2 Å². The summed E-state index contributed by atoms with van der Waals surface area (Å²) in [6.07, 6.45) is 2.98. The first-order valence-electron chi connectivity index (χ1n) is 10.8. The molecule has 0 aliphatic carbocycles. The molecule has 4 aromatic heterocycles. The maximum Gasteiger partial charge on any atom is 0.259 e. The van der Waals surface area contributed by atoms with Crippen LogP contribution in [-0.2, 0) is 4.79 Å². The lowest BCUT2D eigenvalue weighted by Gasteiger charge is -2.32. The summed E-state index contributed by atoms with van der Waals surface area (Å²) in [6, 6.07) is 10.7. The molecule has 1 fully saturated rings. The number of hydrogen-bond donors (Lipinski definition) is 1. The highest BCUT2D eigenvalue weighted by Gasteiger charge is 2.31. The zero-order chi connectivity index (χ0) is 22.9. The summed E-state index contributed by atoms with van der Waals surface area (Å²) in [5, 5.41) is 7.45. The van der Waals surface area contributed by atoms with E-state index in [4.69, 9.17) is 8.94 Å². The summed E-state index contributed by atoms with van der Waals surface area (Å²) in [5.74, 6) is 0.398. The predicted octanol–water partition coefficient (Wildman–Crippen LogP) is 3.99. The van der Waals surface area contributed by atoms with E-state index in [9.17, 15) is 9.59 Å². The Bertz CT molecular complexity index is 1330. The summed E-state index contributed by atoms with van der Waals surface area (Å²) < 4.78 is 10.8. The van der Waals surface area contributed by atoms with Crippen LogP contribution in [0.25, 0.3) is 22.6 Å². The third-order valence-corrected chi connectivity index (χ3v) is 5.84. The maximum atomic E-state index is 13.6. The number of likely N-dealkylation sites (tertiary alicyclic amines) is 1. The van der Waals surface area contributed by atoms with Crippen LogP contribution in [0.2, 0.25) is 0 Å². The van der Waals surface area contributed by atoms with Gasteiger partial charge in [-0.15, -0.1) is 0 Å². The summed E-state index contributed by atoms with van der Waals surface area (Å²) >= 11 is 0. The van der Waals surface area contributed by atoms with E-state index in [1.165, 1.54) is 0 Å². The minimum absolute atomic E-state index is 0.136. The molecule has 1 saturated heterocycles. The van der Waals surface area contributed by atoms with Crippen molar-refractivity contribution in [2.45, 2.75) is 26.7 Å². The van der Waals surface area contributed by atoms with E-state index in [-0.39, 0.29) is 23.4 Å². The minimum atomic E-state index is -0.324. The van der Waals surface area contributed by atoms with Crippen LogP contribution < -0.4 is 5.32 Å². The second kappa shape index (κ2) is 8.50. The Balaban J connectivity index is 1.41. The van der Waals surface area contributed by atoms with Crippen molar-refractivity contribution in [3.05, 3.63) is 59.6 Å². The van der Waals surface area contributed by atoms with Gasteiger partial charge >= 0.3 is 0 Å². The van der Waals surface area contributed by atoms with Gasteiger partial charge in [0, 0.05) is 18.8 Å². The van der Waals surface area contributed by atoms with Gasteiger partial charge in [-0.25, -0.2) is 9.97 Å². The number of amides is 2. The molecule has 1 atom stereocenters. The lowest BCUT2D eigenvalue weighted by atomic mass is 9.96. The second-order valence-corrected chi connectivity index (χ2v) is 8.22. The molecule has 1 aliphatic rings. The highest BCUT2D eigenvalue weighted by molar-refractivity contribution is 6.07. The van der Waals surface area contributed by atoms with Gasteiger partial charge in [-0.05, 0) is 57.0 Å². The number of rotatable bonds is 4. The van der Waals surface area contributed by atoms with Crippen molar-refractivity contribution >= 4 is 28.7 Å². The number of aryl methyl sites for hydroxylation is 2. The van der Waals surface area contributed by atoms with E-state index >= 15 is 0 Å². The summed E-state index contributed by atoms with van der Waals surface area (Å²) in [7, 11) is 0. The molecule has 9 nitrogen and oxygen atoms in total. The van der Waals surface area contributed by atoms with Crippen LogP contribution in [0, 0.1) is 19.8 Å². The molecule has 0 spiro atoms. The molecule has 2 amide bonds. The molecule has 9 heteroatoms. The summed E-state index contributed by atoms with van der Waals surface area (Å²) in [4.78, 5) is 37.0. The van der Waals surface area contributed by atoms with Crippen molar-refractivity contribution in [1.82, 2.24) is 20.0 Å². The number of nitrogens with one attached hydrogen (secondary N) is 1. The smallest absolute Gasteiger partial charge is 0.259 e. The van der Waals surface area contributed by atoms with E-state index in [0.717, 1.165) is 12.1 Å². The number of aromatic nitrogens is 3.